The molecule has 1 aliphatic heterocycles. The van der Waals surface area contributed by atoms with Crippen LogP contribution in [0.2, 0.25) is 0 Å². The summed E-state index contributed by atoms with van der Waals surface area (Å²) in [5, 5.41) is 2.96. The van der Waals surface area contributed by atoms with Crippen LogP contribution in [0.3, 0.4) is 0 Å². The van der Waals surface area contributed by atoms with Crippen molar-refractivity contribution in [3.8, 4) is 0 Å². The number of carbonyl (C=O) groups excluding carboxylic acids is 1. The minimum Gasteiger partial charge on any atom is -0.349 e. The molecule has 0 aliphatic carbocycles. The SMILES string of the molecule is CCN1CCC[C@@H]1CNC(=O)c1ccccn1. The molecule has 0 aromatic carbocycles. The van der Waals surface area contributed by atoms with Crippen molar-refractivity contribution < 1.29 is 4.79 Å². The fourth-order valence-corrected chi connectivity index (χ4v) is 2.34. The van der Waals surface area contributed by atoms with Gasteiger partial charge in [0.25, 0.3) is 5.91 Å². The molecule has 1 aromatic rings. The molecule has 1 atom stereocenters. The third-order valence-corrected chi connectivity index (χ3v) is 3.30. The first kappa shape index (κ1) is 12.0. The van der Waals surface area contributed by atoms with E-state index in [4.69, 9.17) is 0 Å². The molecule has 1 fully saturated rings. The molecule has 2 rings (SSSR count). The number of hydrogen-bond donors (Lipinski definition) is 1. The molecule has 0 saturated carbocycles. The molecule has 17 heavy (non-hydrogen) atoms. The maximum absolute atomic E-state index is 11.8. The lowest BCUT2D eigenvalue weighted by molar-refractivity contribution is 0.0936. The molecule has 4 nitrogen and oxygen atoms in total. The molecule has 1 aromatic heterocycles. The summed E-state index contributed by atoms with van der Waals surface area (Å²) in [6.07, 6.45) is 4.05. The van der Waals surface area contributed by atoms with Crippen LogP contribution in [0.5, 0.6) is 0 Å². The van der Waals surface area contributed by atoms with E-state index in [9.17, 15) is 4.79 Å². The summed E-state index contributed by atoms with van der Waals surface area (Å²) in [5.41, 5.74) is 0.494. The zero-order chi connectivity index (χ0) is 12.1. The number of aromatic nitrogens is 1. The van der Waals surface area contributed by atoms with Crippen LogP contribution in [-0.4, -0.2) is 41.5 Å². The summed E-state index contributed by atoms with van der Waals surface area (Å²) < 4.78 is 0. The second-order valence-electron chi connectivity index (χ2n) is 4.35. The van der Waals surface area contributed by atoms with Gasteiger partial charge in [0.1, 0.15) is 5.69 Å². The first-order valence-corrected chi connectivity index (χ1v) is 6.24. The second-order valence-corrected chi connectivity index (χ2v) is 4.35. The van der Waals surface area contributed by atoms with Gasteiger partial charge >= 0.3 is 0 Å². The average Bonchev–Trinajstić information content (AvgIpc) is 2.84. The van der Waals surface area contributed by atoms with Crippen molar-refractivity contribution in [1.82, 2.24) is 15.2 Å². The van der Waals surface area contributed by atoms with Gasteiger partial charge in [-0.05, 0) is 38.1 Å². The van der Waals surface area contributed by atoms with E-state index in [2.05, 4.69) is 22.1 Å². The Bertz CT molecular complexity index is 366. The Hall–Kier alpha value is -1.42. The number of hydrogen-bond acceptors (Lipinski definition) is 3. The van der Waals surface area contributed by atoms with Crippen LogP contribution >= 0.6 is 0 Å². The van der Waals surface area contributed by atoms with Crippen molar-refractivity contribution in [3.63, 3.8) is 0 Å². The number of pyridine rings is 1. The van der Waals surface area contributed by atoms with Crippen LogP contribution in [0.1, 0.15) is 30.3 Å². The van der Waals surface area contributed by atoms with Gasteiger partial charge in [-0.2, -0.15) is 0 Å². The van der Waals surface area contributed by atoms with E-state index in [0.717, 1.165) is 19.6 Å². The quantitative estimate of drug-likeness (QED) is 0.852. The van der Waals surface area contributed by atoms with Gasteiger partial charge in [0.05, 0.1) is 0 Å². The number of nitrogens with one attached hydrogen (secondary N) is 1. The molecule has 0 bridgehead atoms. The minimum atomic E-state index is -0.0754. The predicted molar refractivity (Wildman–Crippen MR) is 66.8 cm³/mol. The summed E-state index contributed by atoms with van der Waals surface area (Å²) in [6.45, 7) is 5.10. The monoisotopic (exact) mass is 233 g/mol. The number of likely N-dealkylation sites (N-methyl/N-ethyl adjacent to an activating group) is 1. The Kier molecular flexibility index (Phi) is 4.09. The molecule has 0 spiro atoms. The fraction of sp³-hybridized carbons (Fsp3) is 0.538. The smallest absolute Gasteiger partial charge is 0.269 e. The third kappa shape index (κ3) is 3.03. The van der Waals surface area contributed by atoms with Crippen molar-refractivity contribution in [1.29, 1.82) is 0 Å². The van der Waals surface area contributed by atoms with E-state index >= 15 is 0 Å². The molecule has 1 amide bonds. The normalized spacial score (nSPS) is 20.4. The third-order valence-electron chi connectivity index (χ3n) is 3.30. The predicted octanol–water partition coefficient (Wildman–Crippen LogP) is 1.30. The maximum Gasteiger partial charge on any atom is 0.269 e. The zero-order valence-corrected chi connectivity index (χ0v) is 10.2. The molecule has 92 valence electrons. The van der Waals surface area contributed by atoms with E-state index < -0.39 is 0 Å². The highest BCUT2D eigenvalue weighted by molar-refractivity contribution is 5.92. The zero-order valence-electron chi connectivity index (χ0n) is 10.2. The highest BCUT2D eigenvalue weighted by Gasteiger charge is 2.23. The first-order valence-electron chi connectivity index (χ1n) is 6.24. The van der Waals surface area contributed by atoms with E-state index in [1.165, 1.54) is 12.8 Å². The van der Waals surface area contributed by atoms with Crippen molar-refractivity contribution in [3.05, 3.63) is 30.1 Å². The second kappa shape index (κ2) is 5.77. The lowest BCUT2D eigenvalue weighted by atomic mass is 10.2. The van der Waals surface area contributed by atoms with Gasteiger partial charge < -0.3 is 5.32 Å². The molecule has 1 aliphatic rings. The van der Waals surface area contributed by atoms with Gasteiger partial charge in [0.2, 0.25) is 0 Å². The van der Waals surface area contributed by atoms with Gasteiger partial charge in [0.15, 0.2) is 0 Å². The lowest BCUT2D eigenvalue weighted by Gasteiger charge is -2.22. The van der Waals surface area contributed by atoms with E-state index in [1.807, 2.05) is 12.1 Å². The molecular weight excluding hydrogens is 214 g/mol. The summed E-state index contributed by atoms with van der Waals surface area (Å²) in [5.74, 6) is -0.0754. The largest absolute Gasteiger partial charge is 0.349 e. The fourth-order valence-electron chi connectivity index (χ4n) is 2.34. The topological polar surface area (TPSA) is 45.2 Å². The number of rotatable bonds is 4. The molecule has 4 heteroatoms. The van der Waals surface area contributed by atoms with E-state index in [-0.39, 0.29) is 5.91 Å². The summed E-state index contributed by atoms with van der Waals surface area (Å²) in [4.78, 5) is 18.3. The van der Waals surface area contributed by atoms with Crippen LogP contribution in [0.25, 0.3) is 0 Å². The van der Waals surface area contributed by atoms with Crippen LogP contribution in [0.4, 0.5) is 0 Å². The van der Waals surface area contributed by atoms with Crippen molar-refractivity contribution >= 4 is 5.91 Å². The number of amides is 1. The standard InChI is InChI=1S/C13H19N3O/c1-2-16-9-5-6-11(16)10-15-13(17)12-7-3-4-8-14-12/h3-4,7-8,11H,2,5-6,9-10H2,1H3,(H,15,17)/t11-/m1/s1. The highest BCUT2D eigenvalue weighted by atomic mass is 16.1. The number of nitrogens with zero attached hydrogens (tertiary/aromatic N) is 2. The van der Waals surface area contributed by atoms with Crippen molar-refractivity contribution in [2.75, 3.05) is 19.6 Å². The average molecular weight is 233 g/mol. The van der Waals surface area contributed by atoms with Gasteiger partial charge in [-0.15, -0.1) is 0 Å². The van der Waals surface area contributed by atoms with Gasteiger partial charge in [0, 0.05) is 18.8 Å². The summed E-state index contributed by atoms with van der Waals surface area (Å²) >= 11 is 0. The van der Waals surface area contributed by atoms with Gasteiger partial charge in [-0.25, -0.2) is 0 Å². The first-order chi connectivity index (χ1) is 8.31. The molecule has 0 radical (unpaired) electrons. The van der Waals surface area contributed by atoms with Crippen molar-refractivity contribution in [2.24, 2.45) is 0 Å². The van der Waals surface area contributed by atoms with Gasteiger partial charge in [-0.1, -0.05) is 13.0 Å². The summed E-state index contributed by atoms with van der Waals surface area (Å²) in [6, 6.07) is 5.87. The summed E-state index contributed by atoms with van der Waals surface area (Å²) in [7, 11) is 0. The Labute approximate surface area is 102 Å². The Morgan fingerprint density at radius 2 is 2.47 bits per heavy atom. The van der Waals surface area contributed by atoms with Crippen LogP contribution < -0.4 is 5.32 Å². The van der Waals surface area contributed by atoms with Crippen LogP contribution in [-0.2, 0) is 0 Å². The Morgan fingerprint density at radius 3 is 3.18 bits per heavy atom. The Balaban J connectivity index is 1.84. The molecule has 0 unspecified atom stereocenters. The maximum atomic E-state index is 11.8. The van der Waals surface area contributed by atoms with E-state index in [1.54, 1.807) is 12.3 Å². The lowest BCUT2D eigenvalue weighted by Crippen LogP contribution is -2.40. The Morgan fingerprint density at radius 1 is 1.59 bits per heavy atom. The van der Waals surface area contributed by atoms with Crippen molar-refractivity contribution in [2.45, 2.75) is 25.8 Å². The molecule has 1 saturated heterocycles. The van der Waals surface area contributed by atoms with Gasteiger partial charge in [-0.3, -0.25) is 14.7 Å². The number of carbonyl (C=O) groups is 1. The molecule has 1 N–H and O–H groups in total. The number of likely N-dealkylation sites (tertiary alicyclic amines) is 1. The van der Waals surface area contributed by atoms with Crippen LogP contribution in [0, 0.1) is 0 Å². The van der Waals surface area contributed by atoms with E-state index in [0.29, 0.717) is 11.7 Å². The highest BCUT2D eigenvalue weighted by Crippen LogP contribution is 2.15. The van der Waals surface area contributed by atoms with Crippen LogP contribution in [0.15, 0.2) is 24.4 Å². The minimum absolute atomic E-state index is 0.0754. The molecule has 2 heterocycles. The molecular formula is C13H19N3O.